The lowest BCUT2D eigenvalue weighted by Crippen LogP contribution is -2.26. The van der Waals surface area contributed by atoms with Gasteiger partial charge in [0.1, 0.15) is 11.0 Å². The van der Waals surface area contributed by atoms with Crippen LogP contribution in [0.1, 0.15) is 82.1 Å². The quantitative estimate of drug-likeness (QED) is 0.534. The van der Waals surface area contributed by atoms with Gasteiger partial charge in [-0.25, -0.2) is 4.79 Å². The van der Waals surface area contributed by atoms with Gasteiger partial charge in [-0.2, -0.15) is 18.3 Å². The van der Waals surface area contributed by atoms with Crippen molar-refractivity contribution in [2.45, 2.75) is 58.2 Å². The van der Waals surface area contributed by atoms with E-state index >= 15 is 0 Å². The van der Waals surface area contributed by atoms with Gasteiger partial charge in [0.15, 0.2) is 5.69 Å². The molecule has 1 aliphatic carbocycles. The number of hydrogen-bond acceptors (Lipinski definition) is 6. The van der Waals surface area contributed by atoms with E-state index in [4.69, 9.17) is 4.74 Å². The molecule has 1 unspecified atom stereocenters. The molecule has 2 aromatic heterocycles. The highest BCUT2D eigenvalue weighted by atomic mass is 32.1. The molecule has 1 fully saturated rings. The largest absolute Gasteiger partial charge is 0.462 e. The van der Waals surface area contributed by atoms with Crippen LogP contribution in [0.2, 0.25) is 0 Å². The second kappa shape index (κ2) is 9.77. The molecule has 3 rings (SSSR count). The molecular weight excluding hydrogens is 473 g/mol. The molecule has 12 heteroatoms. The number of halogens is 3. The van der Waals surface area contributed by atoms with Gasteiger partial charge < -0.3 is 15.0 Å². The Morgan fingerprint density at radius 1 is 1.32 bits per heavy atom. The van der Waals surface area contributed by atoms with Gasteiger partial charge in [0, 0.05) is 25.7 Å². The minimum Gasteiger partial charge on any atom is -0.462 e. The number of nitrogens with one attached hydrogen (secondary N) is 1. The molecule has 0 bridgehead atoms. The predicted molar refractivity (Wildman–Crippen MR) is 120 cm³/mol. The maximum atomic E-state index is 13.2. The number of aromatic nitrogens is 2. The number of hydrogen-bond donors (Lipinski definition) is 1. The first kappa shape index (κ1) is 25.7. The van der Waals surface area contributed by atoms with Crippen LogP contribution in [0.25, 0.3) is 0 Å². The standard InChI is InChI=1S/C22H27F3N4O4S/c1-6-9-33-21(32)16-11(2)17(20(31)28(4)5)34-19(16)26-18(30)12(3)29-14(13-7-8-13)10-15(27-29)22(23,24)25/h10,12-13H,6-9H2,1-5H3,(H,26,30). The molecule has 0 spiro atoms. The van der Waals surface area contributed by atoms with E-state index in [1.165, 1.54) is 11.8 Å². The van der Waals surface area contributed by atoms with Crippen molar-refractivity contribution in [1.82, 2.24) is 14.7 Å². The molecule has 2 aromatic rings. The number of esters is 1. The van der Waals surface area contributed by atoms with Crippen LogP contribution in [0.3, 0.4) is 0 Å². The van der Waals surface area contributed by atoms with E-state index in [-0.39, 0.29) is 33.9 Å². The van der Waals surface area contributed by atoms with E-state index in [2.05, 4.69) is 10.4 Å². The van der Waals surface area contributed by atoms with Crippen molar-refractivity contribution in [2.24, 2.45) is 0 Å². The van der Waals surface area contributed by atoms with E-state index in [1.54, 1.807) is 21.0 Å². The lowest BCUT2D eigenvalue weighted by molar-refractivity contribution is -0.141. The molecule has 1 aliphatic rings. The van der Waals surface area contributed by atoms with Gasteiger partial charge in [-0.15, -0.1) is 11.3 Å². The second-order valence-corrected chi connectivity index (χ2v) is 9.45. The maximum absolute atomic E-state index is 13.2. The third-order valence-electron chi connectivity index (χ3n) is 5.42. The number of nitrogens with zero attached hydrogens (tertiary/aromatic N) is 3. The van der Waals surface area contributed by atoms with E-state index < -0.39 is 29.8 Å². The highest BCUT2D eigenvalue weighted by molar-refractivity contribution is 7.18. The van der Waals surface area contributed by atoms with Gasteiger partial charge in [0.2, 0.25) is 5.91 Å². The molecule has 1 saturated carbocycles. The summed E-state index contributed by atoms with van der Waals surface area (Å²) in [5.41, 5.74) is -0.278. The number of ether oxygens (including phenoxy) is 1. The van der Waals surface area contributed by atoms with Crippen molar-refractivity contribution in [1.29, 1.82) is 0 Å². The second-order valence-electron chi connectivity index (χ2n) is 8.43. The Labute approximate surface area is 199 Å². The summed E-state index contributed by atoms with van der Waals surface area (Å²) in [5.74, 6) is -1.77. The lowest BCUT2D eigenvalue weighted by atomic mass is 10.1. The molecule has 0 radical (unpaired) electrons. The Morgan fingerprint density at radius 3 is 2.50 bits per heavy atom. The highest BCUT2D eigenvalue weighted by Gasteiger charge is 2.39. The third-order valence-corrected chi connectivity index (χ3v) is 6.62. The lowest BCUT2D eigenvalue weighted by Gasteiger charge is -2.16. The van der Waals surface area contributed by atoms with Crippen molar-refractivity contribution < 1.29 is 32.3 Å². The molecule has 0 aromatic carbocycles. The Balaban J connectivity index is 1.95. The average molecular weight is 501 g/mol. The van der Waals surface area contributed by atoms with Gasteiger partial charge in [-0.05, 0) is 44.7 Å². The molecule has 0 aliphatic heterocycles. The van der Waals surface area contributed by atoms with Crippen LogP contribution in [0, 0.1) is 6.92 Å². The zero-order valence-electron chi connectivity index (χ0n) is 19.6. The predicted octanol–water partition coefficient (Wildman–Crippen LogP) is 4.62. The normalized spacial score (nSPS) is 14.6. The first-order valence-corrected chi connectivity index (χ1v) is 11.7. The molecule has 186 valence electrons. The van der Waals surface area contributed by atoms with Crippen LogP contribution in [0.4, 0.5) is 18.2 Å². The van der Waals surface area contributed by atoms with Crippen molar-refractivity contribution in [3.63, 3.8) is 0 Å². The fourth-order valence-corrected chi connectivity index (χ4v) is 4.61. The molecule has 2 amide bonds. The summed E-state index contributed by atoms with van der Waals surface area (Å²) < 4.78 is 46.1. The Hall–Kier alpha value is -2.89. The summed E-state index contributed by atoms with van der Waals surface area (Å²) in [6.45, 7) is 5.02. The number of alkyl halides is 3. The van der Waals surface area contributed by atoms with Crippen LogP contribution in [-0.2, 0) is 15.7 Å². The van der Waals surface area contributed by atoms with Crippen molar-refractivity contribution in [2.75, 3.05) is 26.0 Å². The Morgan fingerprint density at radius 2 is 1.97 bits per heavy atom. The number of carbonyl (C=O) groups excluding carboxylic acids is 3. The zero-order valence-corrected chi connectivity index (χ0v) is 20.4. The van der Waals surface area contributed by atoms with Crippen molar-refractivity contribution in [3.05, 3.63) is 33.5 Å². The molecule has 2 heterocycles. The molecule has 1 atom stereocenters. The summed E-state index contributed by atoms with van der Waals surface area (Å²) in [6, 6.07) is -0.0976. The van der Waals surface area contributed by atoms with Crippen LogP contribution in [0.5, 0.6) is 0 Å². The SMILES string of the molecule is CCCOC(=O)c1c(NC(=O)C(C)n2nc(C(F)(F)F)cc2C2CC2)sc(C(=O)N(C)C)c1C. The Bertz CT molecular complexity index is 1100. The van der Waals surface area contributed by atoms with E-state index in [0.29, 0.717) is 17.7 Å². The Kier molecular flexibility index (Phi) is 7.39. The number of rotatable bonds is 8. The number of thiophene rings is 1. The smallest absolute Gasteiger partial charge is 0.435 e. The maximum Gasteiger partial charge on any atom is 0.435 e. The van der Waals surface area contributed by atoms with Gasteiger partial charge in [0.25, 0.3) is 5.91 Å². The van der Waals surface area contributed by atoms with Crippen molar-refractivity contribution in [3.8, 4) is 0 Å². The van der Waals surface area contributed by atoms with E-state index in [0.717, 1.165) is 34.9 Å². The number of carbonyl (C=O) groups is 3. The summed E-state index contributed by atoms with van der Waals surface area (Å²) in [6.07, 6.45) is -2.59. The van der Waals surface area contributed by atoms with Crippen molar-refractivity contribution >= 4 is 34.1 Å². The topological polar surface area (TPSA) is 93.5 Å². The monoisotopic (exact) mass is 500 g/mol. The average Bonchev–Trinajstić information content (AvgIpc) is 3.41. The van der Waals surface area contributed by atoms with E-state index in [9.17, 15) is 27.6 Å². The summed E-state index contributed by atoms with van der Waals surface area (Å²) >= 11 is 0.924. The minimum atomic E-state index is -4.63. The van der Waals surface area contributed by atoms with E-state index in [1.807, 2.05) is 6.92 Å². The number of amides is 2. The first-order valence-electron chi connectivity index (χ1n) is 10.9. The summed E-state index contributed by atoms with van der Waals surface area (Å²) in [5, 5.41) is 6.39. The fraction of sp³-hybridized carbons (Fsp3) is 0.545. The molecule has 1 N–H and O–H groups in total. The minimum absolute atomic E-state index is 0.0584. The molecular formula is C22H27F3N4O4S. The van der Waals surface area contributed by atoms with Crippen LogP contribution < -0.4 is 5.32 Å². The highest BCUT2D eigenvalue weighted by Crippen LogP contribution is 2.43. The van der Waals surface area contributed by atoms with Gasteiger partial charge >= 0.3 is 12.1 Å². The third kappa shape index (κ3) is 5.26. The summed E-state index contributed by atoms with van der Waals surface area (Å²) in [4.78, 5) is 40.0. The first-order chi connectivity index (χ1) is 15.9. The van der Waals surface area contributed by atoms with Gasteiger partial charge in [-0.1, -0.05) is 6.92 Å². The zero-order chi connectivity index (χ0) is 25.4. The van der Waals surface area contributed by atoms with Crippen LogP contribution in [-0.4, -0.2) is 53.2 Å². The van der Waals surface area contributed by atoms with Gasteiger partial charge in [0.05, 0.1) is 17.0 Å². The fourth-order valence-electron chi connectivity index (χ4n) is 3.39. The molecule has 34 heavy (non-hydrogen) atoms. The number of anilines is 1. The molecule has 8 nitrogen and oxygen atoms in total. The van der Waals surface area contributed by atoms with Gasteiger partial charge in [-0.3, -0.25) is 14.3 Å². The van der Waals surface area contributed by atoms with Crippen LogP contribution in [0.15, 0.2) is 6.07 Å². The molecule has 0 saturated heterocycles. The summed E-state index contributed by atoms with van der Waals surface area (Å²) in [7, 11) is 3.12. The van der Waals surface area contributed by atoms with Crippen LogP contribution >= 0.6 is 11.3 Å².